The van der Waals surface area contributed by atoms with Gasteiger partial charge in [-0.2, -0.15) is 0 Å². The molecule has 0 radical (unpaired) electrons. The number of anilines is 1. The maximum atomic E-state index is 14.0. The highest BCUT2D eigenvalue weighted by Gasteiger charge is 2.26. The van der Waals surface area contributed by atoms with Crippen molar-refractivity contribution in [3.63, 3.8) is 0 Å². The minimum Gasteiger partial charge on any atom is -0.367 e. The zero-order valence-electron chi connectivity index (χ0n) is 11.1. The molecule has 0 aliphatic rings. The van der Waals surface area contributed by atoms with Crippen LogP contribution in [-0.2, 0) is 0 Å². The molecule has 1 aromatic heterocycles. The fourth-order valence-corrected chi connectivity index (χ4v) is 2.19. The largest absolute Gasteiger partial charge is 0.367 e. The molecule has 0 bridgehead atoms. The molecule has 0 spiro atoms. The SMILES string of the molecule is CC(C)C(C)c1noc(N)c1-c1c(F)cccc1Cl. The quantitative estimate of drug-likeness (QED) is 0.903. The summed E-state index contributed by atoms with van der Waals surface area (Å²) in [4.78, 5) is 0. The van der Waals surface area contributed by atoms with E-state index in [1.54, 1.807) is 12.1 Å². The molecule has 102 valence electrons. The molecular formula is C14H16ClFN2O. The minimum atomic E-state index is -0.431. The molecule has 1 aromatic carbocycles. The number of nitrogen functional groups attached to an aromatic ring is 1. The van der Waals surface area contributed by atoms with Gasteiger partial charge in [0.05, 0.1) is 16.3 Å². The number of halogens is 2. The predicted molar refractivity (Wildman–Crippen MR) is 74.6 cm³/mol. The molecule has 1 unspecified atom stereocenters. The Morgan fingerprint density at radius 1 is 1.26 bits per heavy atom. The summed E-state index contributed by atoms with van der Waals surface area (Å²) in [5, 5.41) is 4.27. The highest BCUT2D eigenvalue weighted by Crippen LogP contribution is 2.40. The first-order valence-corrected chi connectivity index (χ1v) is 6.50. The van der Waals surface area contributed by atoms with Crippen LogP contribution in [0, 0.1) is 11.7 Å². The van der Waals surface area contributed by atoms with Gasteiger partial charge < -0.3 is 10.3 Å². The Kier molecular flexibility index (Phi) is 3.80. The van der Waals surface area contributed by atoms with Crippen molar-refractivity contribution >= 4 is 17.5 Å². The highest BCUT2D eigenvalue weighted by atomic mass is 35.5. The second-order valence-electron chi connectivity index (χ2n) is 4.94. The molecule has 1 heterocycles. The molecule has 2 aromatic rings. The van der Waals surface area contributed by atoms with Crippen molar-refractivity contribution in [3.8, 4) is 11.1 Å². The Bertz CT molecular complexity index is 575. The first kappa shape index (κ1) is 13.9. The fraction of sp³-hybridized carbons (Fsp3) is 0.357. The molecule has 3 nitrogen and oxygen atoms in total. The van der Waals surface area contributed by atoms with E-state index in [4.69, 9.17) is 21.9 Å². The topological polar surface area (TPSA) is 52.0 Å². The summed E-state index contributed by atoms with van der Waals surface area (Å²) in [6.45, 7) is 6.12. The van der Waals surface area contributed by atoms with Crippen LogP contribution in [0.25, 0.3) is 11.1 Å². The van der Waals surface area contributed by atoms with Gasteiger partial charge in [-0.05, 0) is 18.1 Å². The molecule has 19 heavy (non-hydrogen) atoms. The van der Waals surface area contributed by atoms with Gasteiger partial charge in [0.25, 0.3) is 0 Å². The normalized spacial score (nSPS) is 12.9. The third kappa shape index (κ3) is 2.45. The Labute approximate surface area is 116 Å². The average molecular weight is 283 g/mol. The second-order valence-corrected chi connectivity index (χ2v) is 5.34. The molecule has 2 rings (SSSR count). The van der Waals surface area contributed by atoms with E-state index in [0.29, 0.717) is 22.2 Å². The van der Waals surface area contributed by atoms with Gasteiger partial charge in [0.2, 0.25) is 5.88 Å². The molecule has 2 N–H and O–H groups in total. The molecule has 5 heteroatoms. The monoisotopic (exact) mass is 282 g/mol. The highest BCUT2D eigenvalue weighted by molar-refractivity contribution is 6.33. The van der Waals surface area contributed by atoms with E-state index in [-0.39, 0.29) is 17.4 Å². The van der Waals surface area contributed by atoms with Crippen LogP contribution in [0.15, 0.2) is 22.7 Å². The smallest absolute Gasteiger partial charge is 0.230 e. The van der Waals surface area contributed by atoms with Crippen molar-refractivity contribution < 1.29 is 8.91 Å². The third-order valence-corrected chi connectivity index (χ3v) is 3.70. The lowest BCUT2D eigenvalue weighted by molar-refractivity contribution is 0.407. The van der Waals surface area contributed by atoms with Crippen LogP contribution in [0.3, 0.4) is 0 Å². The van der Waals surface area contributed by atoms with Crippen LogP contribution in [0.5, 0.6) is 0 Å². The van der Waals surface area contributed by atoms with Gasteiger partial charge in [0.1, 0.15) is 5.82 Å². The maximum Gasteiger partial charge on any atom is 0.230 e. The van der Waals surface area contributed by atoms with Crippen LogP contribution in [0.2, 0.25) is 5.02 Å². The van der Waals surface area contributed by atoms with Gasteiger partial charge in [0, 0.05) is 11.5 Å². The number of hydrogen-bond acceptors (Lipinski definition) is 3. The molecule has 0 saturated carbocycles. The molecule has 1 atom stereocenters. The Morgan fingerprint density at radius 3 is 2.53 bits per heavy atom. The average Bonchev–Trinajstić information content (AvgIpc) is 2.70. The van der Waals surface area contributed by atoms with Crippen LogP contribution < -0.4 is 5.73 Å². The van der Waals surface area contributed by atoms with Crippen molar-refractivity contribution in [2.45, 2.75) is 26.7 Å². The second kappa shape index (κ2) is 5.21. The summed E-state index contributed by atoms with van der Waals surface area (Å²) in [6, 6.07) is 4.52. The van der Waals surface area contributed by atoms with E-state index in [1.807, 2.05) is 6.92 Å². The summed E-state index contributed by atoms with van der Waals surface area (Å²) < 4.78 is 19.1. The van der Waals surface area contributed by atoms with E-state index >= 15 is 0 Å². The molecule has 0 fully saturated rings. The number of aromatic nitrogens is 1. The summed E-state index contributed by atoms with van der Waals surface area (Å²) in [5.41, 5.74) is 7.15. The van der Waals surface area contributed by atoms with Gasteiger partial charge in [-0.3, -0.25) is 0 Å². The first-order chi connectivity index (χ1) is 8.93. The van der Waals surface area contributed by atoms with Gasteiger partial charge in [-0.15, -0.1) is 0 Å². The molecule has 0 amide bonds. The molecule has 0 aliphatic carbocycles. The van der Waals surface area contributed by atoms with Crippen LogP contribution >= 0.6 is 11.6 Å². The fourth-order valence-electron chi connectivity index (χ4n) is 1.93. The molecule has 0 aliphatic heterocycles. The van der Waals surface area contributed by atoms with Crippen LogP contribution in [0.1, 0.15) is 32.4 Å². The van der Waals surface area contributed by atoms with E-state index < -0.39 is 5.82 Å². The predicted octanol–water partition coefficient (Wildman–Crippen LogP) is 4.48. The van der Waals surface area contributed by atoms with Crippen LogP contribution in [-0.4, -0.2) is 5.16 Å². The lowest BCUT2D eigenvalue weighted by Gasteiger charge is -2.15. The summed E-state index contributed by atoms with van der Waals surface area (Å²) in [5.74, 6) is 0.0784. The number of rotatable bonds is 3. The Balaban J connectivity index is 2.66. The summed E-state index contributed by atoms with van der Waals surface area (Å²) >= 11 is 6.08. The van der Waals surface area contributed by atoms with Crippen molar-refractivity contribution in [1.29, 1.82) is 0 Å². The number of hydrogen-bond donors (Lipinski definition) is 1. The maximum absolute atomic E-state index is 14.0. The van der Waals surface area contributed by atoms with Gasteiger partial charge >= 0.3 is 0 Å². The van der Waals surface area contributed by atoms with Crippen molar-refractivity contribution in [1.82, 2.24) is 5.16 Å². The van der Waals surface area contributed by atoms with E-state index in [2.05, 4.69) is 19.0 Å². The van der Waals surface area contributed by atoms with E-state index in [0.717, 1.165) is 0 Å². The number of nitrogens with two attached hydrogens (primary N) is 1. The van der Waals surface area contributed by atoms with Gasteiger partial charge in [0.15, 0.2) is 0 Å². The number of benzene rings is 1. The van der Waals surface area contributed by atoms with Crippen molar-refractivity contribution in [2.24, 2.45) is 5.92 Å². The minimum absolute atomic E-state index is 0.0896. The third-order valence-electron chi connectivity index (χ3n) is 3.39. The molecular weight excluding hydrogens is 267 g/mol. The van der Waals surface area contributed by atoms with Crippen LogP contribution in [0.4, 0.5) is 10.3 Å². The summed E-state index contributed by atoms with van der Waals surface area (Å²) in [6.07, 6.45) is 0. The Morgan fingerprint density at radius 2 is 1.95 bits per heavy atom. The molecule has 0 saturated heterocycles. The summed E-state index contributed by atoms with van der Waals surface area (Å²) in [7, 11) is 0. The Hall–Kier alpha value is -1.55. The number of nitrogens with zero attached hydrogens (tertiary/aromatic N) is 1. The lowest BCUT2D eigenvalue weighted by atomic mass is 9.90. The van der Waals surface area contributed by atoms with Gasteiger partial charge in [-0.25, -0.2) is 4.39 Å². The van der Waals surface area contributed by atoms with Crippen molar-refractivity contribution in [3.05, 3.63) is 34.7 Å². The van der Waals surface area contributed by atoms with Crippen molar-refractivity contribution in [2.75, 3.05) is 5.73 Å². The zero-order chi connectivity index (χ0) is 14.2. The van der Waals surface area contributed by atoms with E-state index in [9.17, 15) is 4.39 Å². The first-order valence-electron chi connectivity index (χ1n) is 6.13. The standard InChI is InChI=1S/C14H16ClFN2O/c1-7(2)8(3)13-12(14(17)19-18-13)11-9(15)5-4-6-10(11)16/h4-8H,17H2,1-3H3. The zero-order valence-corrected chi connectivity index (χ0v) is 11.8. The lowest BCUT2D eigenvalue weighted by Crippen LogP contribution is -2.05. The van der Waals surface area contributed by atoms with Gasteiger partial charge in [-0.1, -0.05) is 43.6 Å². The van der Waals surface area contributed by atoms with E-state index in [1.165, 1.54) is 6.07 Å².